The van der Waals surface area contributed by atoms with Crippen LogP contribution in [-0.4, -0.2) is 25.0 Å². The summed E-state index contributed by atoms with van der Waals surface area (Å²) in [5.41, 5.74) is 5.35. The lowest BCUT2D eigenvalue weighted by molar-refractivity contribution is -0.153. The van der Waals surface area contributed by atoms with Crippen molar-refractivity contribution >= 4 is 5.97 Å². The molecule has 0 aliphatic heterocycles. The van der Waals surface area contributed by atoms with Crippen LogP contribution in [0.15, 0.2) is 0 Å². The molecule has 0 bridgehead atoms. The molecule has 0 spiro atoms. The van der Waals surface area contributed by atoms with Gasteiger partial charge in [0.2, 0.25) is 5.92 Å². The van der Waals surface area contributed by atoms with Crippen LogP contribution in [0, 0.1) is 5.92 Å². The van der Waals surface area contributed by atoms with Gasteiger partial charge in [-0.2, -0.15) is 0 Å². The molecule has 5 heteroatoms. The molecule has 2 N–H and O–H groups in total. The van der Waals surface area contributed by atoms with E-state index in [1.54, 1.807) is 0 Å². The molecule has 1 atom stereocenters. The predicted molar refractivity (Wildman–Crippen MR) is 37.7 cm³/mol. The number of rotatable bonds is 2. The zero-order valence-corrected chi connectivity index (χ0v) is 6.72. The Morgan fingerprint density at radius 1 is 1.67 bits per heavy atom. The molecule has 1 aliphatic rings. The van der Waals surface area contributed by atoms with E-state index in [0.717, 1.165) is 0 Å². The Morgan fingerprint density at radius 3 is 2.50 bits per heavy atom. The van der Waals surface area contributed by atoms with Crippen molar-refractivity contribution in [1.82, 2.24) is 0 Å². The maximum Gasteiger partial charge on any atom is 0.322 e. The Morgan fingerprint density at radius 2 is 2.17 bits per heavy atom. The second-order valence-electron chi connectivity index (χ2n) is 3.07. The summed E-state index contributed by atoms with van der Waals surface area (Å²) in [6.07, 6.45) is -0.605. The minimum absolute atomic E-state index is 0.302. The van der Waals surface area contributed by atoms with Crippen LogP contribution in [0.3, 0.4) is 0 Å². The summed E-state index contributed by atoms with van der Waals surface area (Å²) >= 11 is 0. The molecule has 0 amide bonds. The van der Waals surface area contributed by atoms with Gasteiger partial charge in [-0.3, -0.25) is 4.79 Å². The van der Waals surface area contributed by atoms with E-state index in [1.165, 1.54) is 7.11 Å². The van der Waals surface area contributed by atoms with Gasteiger partial charge in [-0.05, 0) is 5.92 Å². The van der Waals surface area contributed by atoms with Gasteiger partial charge in [0, 0.05) is 12.8 Å². The smallest absolute Gasteiger partial charge is 0.322 e. The van der Waals surface area contributed by atoms with Crippen LogP contribution in [0.5, 0.6) is 0 Å². The number of nitrogens with two attached hydrogens (primary N) is 1. The van der Waals surface area contributed by atoms with Gasteiger partial charge in [0.15, 0.2) is 0 Å². The molecular formula is C7H11F2NO2. The van der Waals surface area contributed by atoms with Crippen LogP contribution in [0.25, 0.3) is 0 Å². The minimum Gasteiger partial charge on any atom is -0.468 e. The predicted octanol–water partition coefficient (Wildman–Crippen LogP) is 0.532. The lowest BCUT2D eigenvalue weighted by atomic mass is 9.77. The summed E-state index contributed by atoms with van der Waals surface area (Å²) in [7, 11) is 1.19. The Labute approximate surface area is 68.9 Å². The van der Waals surface area contributed by atoms with E-state index in [4.69, 9.17) is 5.73 Å². The highest BCUT2D eigenvalue weighted by atomic mass is 19.3. The first-order valence-corrected chi connectivity index (χ1v) is 3.67. The number of halogens is 2. The van der Waals surface area contributed by atoms with Crippen molar-refractivity contribution in [2.24, 2.45) is 11.7 Å². The van der Waals surface area contributed by atoms with Crippen LogP contribution < -0.4 is 5.73 Å². The van der Waals surface area contributed by atoms with E-state index in [0.29, 0.717) is 0 Å². The second-order valence-corrected chi connectivity index (χ2v) is 3.07. The summed E-state index contributed by atoms with van der Waals surface area (Å²) < 4.78 is 28.9. The number of methoxy groups -OCH3 is 1. The van der Waals surface area contributed by atoms with Crippen molar-refractivity contribution in [2.75, 3.05) is 7.11 Å². The van der Waals surface area contributed by atoms with Crippen molar-refractivity contribution in [3.05, 3.63) is 0 Å². The van der Waals surface area contributed by atoms with Crippen molar-refractivity contribution in [1.29, 1.82) is 0 Å². The molecule has 0 aromatic rings. The zero-order valence-electron chi connectivity index (χ0n) is 6.72. The highest BCUT2D eigenvalue weighted by molar-refractivity contribution is 5.75. The molecule has 0 aromatic heterocycles. The third kappa shape index (κ3) is 1.72. The van der Waals surface area contributed by atoms with Gasteiger partial charge in [0.05, 0.1) is 7.11 Å². The quantitative estimate of drug-likeness (QED) is 0.629. The van der Waals surface area contributed by atoms with Crippen molar-refractivity contribution in [2.45, 2.75) is 24.8 Å². The summed E-state index contributed by atoms with van der Waals surface area (Å²) in [4.78, 5) is 10.8. The molecule has 1 saturated carbocycles. The third-order valence-corrected chi connectivity index (χ3v) is 2.10. The fourth-order valence-corrected chi connectivity index (χ4v) is 1.29. The Bertz CT molecular complexity index is 188. The summed E-state index contributed by atoms with van der Waals surface area (Å²) in [5.74, 6) is -3.67. The van der Waals surface area contributed by atoms with E-state index in [2.05, 4.69) is 4.74 Å². The molecule has 0 saturated heterocycles. The van der Waals surface area contributed by atoms with Gasteiger partial charge >= 0.3 is 5.97 Å². The maximum absolute atomic E-state index is 12.3. The fraction of sp³-hybridized carbons (Fsp3) is 0.857. The van der Waals surface area contributed by atoms with E-state index in [1.807, 2.05) is 0 Å². The van der Waals surface area contributed by atoms with Gasteiger partial charge < -0.3 is 10.5 Å². The van der Waals surface area contributed by atoms with E-state index in [-0.39, 0.29) is 12.8 Å². The minimum atomic E-state index is -2.63. The van der Waals surface area contributed by atoms with Gasteiger partial charge in [-0.1, -0.05) is 0 Å². The number of carbonyl (C=O) groups is 1. The molecule has 1 rings (SSSR count). The third-order valence-electron chi connectivity index (χ3n) is 2.10. The Kier molecular flexibility index (Phi) is 2.32. The average molecular weight is 179 g/mol. The van der Waals surface area contributed by atoms with Crippen LogP contribution in [0.2, 0.25) is 0 Å². The lowest BCUT2D eigenvalue weighted by Gasteiger charge is -2.37. The molecule has 70 valence electrons. The molecule has 12 heavy (non-hydrogen) atoms. The monoisotopic (exact) mass is 179 g/mol. The number of alkyl halides is 2. The first-order valence-electron chi connectivity index (χ1n) is 3.67. The number of esters is 1. The van der Waals surface area contributed by atoms with Crippen LogP contribution in [0.1, 0.15) is 12.8 Å². The largest absolute Gasteiger partial charge is 0.468 e. The van der Waals surface area contributed by atoms with E-state index < -0.39 is 23.9 Å². The summed E-state index contributed by atoms with van der Waals surface area (Å²) in [5, 5.41) is 0. The highest BCUT2D eigenvalue weighted by Crippen LogP contribution is 2.43. The normalized spacial score (nSPS) is 24.3. The van der Waals surface area contributed by atoms with E-state index >= 15 is 0 Å². The van der Waals surface area contributed by atoms with Gasteiger partial charge in [-0.15, -0.1) is 0 Å². The standard InChI is InChI=1S/C7H11F2NO2/c1-12-6(11)5(10)4-2-7(8,9)3-4/h4-5H,2-3,10H2,1H3/t5-/m0/s1. The van der Waals surface area contributed by atoms with E-state index in [9.17, 15) is 13.6 Å². The summed E-state index contributed by atoms with van der Waals surface area (Å²) in [6, 6.07) is -0.894. The average Bonchev–Trinajstić information content (AvgIpc) is 1.97. The fourth-order valence-electron chi connectivity index (χ4n) is 1.29. The van der Waals surface area contributed by atoms with Gasteiger partial charge in [0.1, 0.15) is 6.04 Å². The first-order chi connectivity index (χ1) is 5.46. The van der Waals surface area contributed by atoms with Crippen molar-refractivity contribution in [3.8, 4) is 0 Å². The van der Waals surface area contributed by atoms with Crippen LogP contribution >= 0.6 is 0 Å². The maximum atomic E-state index is 12.3. The Hall–Kier alpha value is -0.710. The summed E-state index contributed by atoms with van der Waals surface area (Å²) in [6.45, 7) is 0. The molecule has 0 unspecified atom stereocenters. The highest BCUT2D eigenvalue weighted by Gasteiger charge is 2.49. The molecule has 0 radical (unpaired) electrons. The topological polar surface area (TPSA) is 52.3 Å². The molecular weight excluding hydrogens is 168 g/mol. The van der Waals surface area contributed by atoms with Gasteiger partial charge in [-0.25, -0.2) is 8.78 Å². The number of hydrogen-bond donors (Lipinski definition) is 1. The number of hydrogen-bond acceptors (Lipinski definition) is 3. The van der Waals surface area contributed by atoms with Crippen LogP contribution in [0.4, 0.5) is 8.78 Å². The molecule has 3 nitrogen and oxygen atoms in total. The lowest BCUT2D eigenvalue weighted by Crippen LogP contribution is -2.49. The Balaban J connectivity index is 2.38. The van der Waals surface area contributed by atoms with Crippen molar-refractivity contribution < 1.29 is 18.3 Å². The van der Waals surface area contributed by atoms with Crippen LogP contribution in [-0.2, 0) is 9.53 Å². The zero-order chi connectivity index (χ0) is 9.35. The molecule has 1 fully saturated rings. The van der Waals surface area contributed by atoms with Gasteiger partial charge in [0.25, 0.3) is 0 Å². The molecule has 0 aromatic carbocycles. The second kappa shape index (κ2) is 2.97. The van der Waals surface area contributed by atoms with Crippen molar-refractivity contribution in [3.63, 3.8) is 0 Å². The first kappa shape index (κ1) is 9.38. The SMILES string of the molecule is COC(=O)[C@@H](N)C1CC(F)(F)C1. The molecule has 0 heterocycles. The number of carbonyl (C=O) groups excluding carboxylic acids is 1. The number of ether oxygens (including phenoxy) is 1. The molecule has 1 aliphatic carbocycles.